The second-order valence-electron chi connectivity index (χ2n) is 6.38. The fourth-order valence-electron chi connectivity index (χ4n) is 3.50. The van der Waals surface area contributed by atoms with Crippen molar-refractivity contribution in [1.82, 2.24) is 19.0 Å². The Labute approximate surface area is 144 Å². The molecule has 2 aromatic heterocycles. The van der Waals surface area contributed by atoms with Crippen LogP contribution in [0.2, 0.25) is 0 Å². The van der Waals surface area contributed by atoms with Crippen LogP contribution in [0.1, 0.15) is 25.3 Å². The first kappa shape index (κ1) is 15.7. The van der Waals surface area contributed by atoms with Crippen molar-refractivity contribution in [3.8, 4) is 0 Å². The van der Waals surface area contributed by atoms with Gasteiger partial charge in [-0.15, -0.1) is 0 Å². The van der Waals surface area contributed by atoms with E-state index >= 15 is 0 Å². The summed E-state index contributed by atoms with van der Waals surface area (Å²) in [6, 6.07) is 7.55. The number of rotatable bonds is 4. The molecule has 1 amide bonds. The summed E-state index contributed by atoms with van der Waals surface area (Å²) in [7, 11) is 0. The Morgan fingerprint density at radius 2 is 2.20 bits per heavy atom. The number of piperidine rings is 1. The van der Waals surface area contributed by atoms with E-state index in [1.165, 1.54) is 4.57 Å². The summed E-state index contributed by atoms with van der Waals surface area (Å²) in [4.78, 5) is 30.6. The number of fused-ring (bicyclic) bond motifs is 1. The molecule has 7 heteroatoms. The Morgan fingerprint density at radius 1 is 1.32 bits per heavy atom. The molecule has 1 aromatic carbocycles. The summed E-state index contributed by atoms with van der Waals surface area (Å²) in [5.74, 6) is -0.342. The lowest BCUT2D eigenvalue weighted by atomic mass is 10.1. The SMILES string of the molecule is O=C(CCn1c(=O)oc2ccccc21)N1CCC[C@@H](n2ccnc2)C1. The van der Waals surface area contributed by atoms with Gasteiger partial charge in [0.25, 0.3) is 0 Å². The number of hydrogen-bond donors (Lipinski definition) is 0. The van der Waals surface area contributed by atoms with Gasteiger partial charge in [0.1, 0.15) is 0 Å². The summed E-state index contributed by atoms with van der Waals surface area (Å²) in [5, 5.41) is 0. The molecule has 0 bridgehead atoms. The standard InChI is InChI=1S/C18H20N4O3/c23-17(20-9-3-4-14(12-20)21-11-8-19-13-21)7-10-22-15-5-1-2-6-16(15)25-18(22)24/h1-2,5-6,8,11,13-14H,3-4,7,9-10,12H2/t14-/m1/s1. The molecule has 25 heavy (non-hydrogen) atoms. The Hall–Kier alpha value is -2.83. The maximum Gasteiger partial charge on any atom is 0.419 e. The van der Waals surface area contributed by atoms with E-state index in [1.54, 1.807) is 18.6 Å². The maximum absolute atomic E-state index is 12.6. The number of benzene rings is 1. The van der Waals surface area contributed by atoms with Crippen LogP contribution < -0.4 is 5.76 Å². The van der Waals surface area contributed by atoms with Crippen LogP contribution in [0.4, 0.5) is 0 Å². The molecule has 1 atom stereocenters. The van der Waals surface area contributed by atoms with E-state index < -0.39 is 5.76 Å². The molecule has 1 aliphatic rings. The van der Waals surface area contributed by atoms with Gasteiger partial charge in [0.15, 0.2) is 5.58 Å². The molecule has 3 heterocycles. The molecule has 130 valence electrons. The van der Waals surface area contributed by atoms with Crippen molar-refractivity contribution in [3.05, 3.63) is 53.5 Å². The van der Waals surface area contributed by atoms with E-state index in [9.17, 15) is 9.59 Å². The van der Waals surface area contributed by atoms with Crippen LogP contribution in [0.25, 0.3) is 11.1 Å². The second kappa shape index (κ2) is 6.58. The fourth-order valence-corrected chi connectivity index (χ4v) is 3.50. The van der Waals surface area contributed by atoms with Gasteiger partial charge in [0, 0.05) is 38.4 Å². The van der Waals surface area contributed by atoms with Crippen LogP contribution in [0.3, 0.4) is 0 Å². The molecule has 4 rings (SSSR count). The number of nitrogens with zero attached hydrogens (tertiary/aromatic N) is 4. The van der Waals surface area contributed by atoms with Gasteiger partial charge in [-0.25, -0.2) is 9.78 Å². The van der Waals surface area contributed by atoms with E-state index in [4.69, 9.17) is 4.42 Å². The molecule has 0 aliphatic carbocycles. The molecular formula is C18H20N4O3. The average Bonchev–Trinajstić information content (AvgIpc) is 3.27. The van der Waals surface area contributed by atoms with Gasteiger partial charge < -0.3 is 13.9 Å². The molecule has 0 radical (unpaired) electrons. The maximum atomic E-state index is 12.6. The number of aromatic nitrogens is 3. The molecule has 0 spiro atoms. The van der Waals surface area contributed by atoms with Crippen LogP contribution in [0.15, 0.2) is 52.2 Å². The Balaban J connectivity index is 1.43. The monoisotopic (exact) mass is 340 g/mol. The van der Waals surface area contributed by atoms with E-state index in [2.05, 4.69) is 9.55 Å². The van der Waals surface area contributed by atoms with Crippen LogP contribution in [0.5, 0.6) is 0 Å². The zero-order chi connectivity index (χ0) is 17.2. The van der Waals surface area contributed by atoms with Crippen molar-refractivity contribution in [3.63, 3.8) is 0 Å². The van der Waals surface area contributed by atoms with Crippen molar-refractivity contribution in [2.45, 2.75) is 31.8 Å². The number of oxazole rings is 1. The van der Waals surface area contributed by atoms with E-state index in [0.717, 1.165) is 24.9 Å². The predicted octanol–water partition coefficient (Wildman–Crippen LogP) is 2.04. The number of carbonyl (C=O) groups excluding carboxylic acids is 1. The Morgan fingerprint density at radius 3 is 3.04 bits per heavy atom. The van der Waals surface area contributed by atoms with Crippen molar-refractivity contribution in [1.29, 1.82) is 0 Å². The van der Waals surface area contributed by atoms with Crippen LogP contribution in [-0.4, -0.2) is 38.0 Å². The third kappa shape index (κ3) is 3.09. The number of imidazole rings is 1. The first-order chi connectivity index (χ1) is 12.2. The van der Waals surface area contributed by atoms with E-state index in [-0.39, 0.29) is 11.9 Å². The van der Waals surface area contributed by atoms with Crippen LogP contribution >= 0.6 is 0 Å². The van der Waals surface area contributed by atoms with Crippen molar-refractivity contribution in [2.75, 3.05) is 13.1 Å². The first-order valence-electron chi connectivity index (χ1n) is 8.56. The highest BCUT2D eigenvalue weighted by Gasteiger charge is 2.24. The van der Waals surface area contributed by atoms with E-state index in [1.807, 2.05) is 29.3 Å². The molecule has 0 unspecified atom stereocenters. The minimum Gasteiger partial charge on any atom is -0.408 e. The minimum absolute atomic E-state index is 0.0713. The van der Waals surface area contributed by atoms with Crippen LogP contribution in [0, 0.1) is 0 Å². The van der Waals surface area contributed by atoms with E-state index in [0.29, 0.717) is 25.1 Å². The van der Waals surface area contributed by atoms with Gasteiger partial charge in [-0.2, -0.15) is 0 Å². The quantitative estimate of drug-likeness (QED) is 0.728. The van der Waals surface area contributed by atoms with Gasteiger partial charge in [-0.05, 0) is 25.0 Å². The lowest BCUT2D eigenvalue weighted by Crippen LogP contribution is -2.41. The van der Waals surface area contributed by atoms with Crippen molar-refractivity contribution < 1.29 is 9.21 Å². The molecule has 0 N–H and O–H groups in total. The number of aryl methyl sites for hydroxylation is 1. The summed E-state index contributed by atoms with van der Waals surface area (Å²) in [6.07, 6.45) is 7.82. The number of likely N-dealkylation sites (tertiary alicyclic amines) is 1. The fraction of sp³-hybridized carbons (Fsp3) is 0.389. The van der Waals surface area contributed by atoms with Gasteiger partial charge in [-0.1, -0.05) is 12.1 Å². The minimum atomic E-state index is -0.413. The normalized spacial score (nSPS) is 17.9. The second-order valence-corrected chi connectivity index (χ2v) is 6.38. The highest BCUT2D eigenvalue weighted by Crippen LogP contribution is 2.22. The zero-order valence-corrected chi connectivity index (χ0v) is 13.9. The third-order valence-corrected chi connectivity index (χ3v) is 4.82. The lowest BCUT2D eigenvalue weighted by molar-refractivity contribution is -0.133. The smallest absolute Gasteiger partial charge is 0.408 e. The van der Waals surface area contributed by atoms with Crippen molar-refractivity contribution in [2.24, 2.45) is 0 Å². The highest BCUT2D eigenvalue weighted by atomic mass is 16.4. The molecule has 7 nitrogen and oxygen atoms in total. The molecule has 1 aliphatic heterocycles. The first-order valence-corrected chi connectivity index (χ1v) is 8.56. The van der Waals surface area contributed by atoms with Gasteiger partial charge >= 0.3 is 5.76 Å². The summed E-state index contributed by atoms with van der Waals surface area (Å²) in [5.41, 5.74) is 1.29. The number of amides is 1. The molecule has 1 fully saturated rings. The third-order valence-electron chi connectivity index (χ3n) is 4.82. The van der Waals surface area contributed by atoms with Gasteiger partial charge in [0.2, 0.25) is 5.91 Å². The topological polar surface area (TPSA) is 73.3 Å². The molecule has 3 aromatic rings. The van der Waals surface area contributed by atoms with Gasteiger partial charge in [-0.3, -0.25) is 9.36 Å². The molecule has 0 saturated carbocycles. The van der Waals surface area contributed by atoms with Crippen molar-refractivity contribution >= 4 is 17.0 Å². The summed E-state index contributed by atoms with van der Waals surface area (Å²) in [6.45, 7) is 1.79. The summed E-state index contributed by atoms with van der Waals surface area (Å²) >= 11 is 0. The Bertz CT molecular complexity index is 925. The lowest BCUT2D eigenvalue weighted by Gasteiger charge is -2.33. The highest BCUT2D eigenvalue weighted by molar-refractivity contribution is 5.77. The number of hydrogen-bond acceptors (Lipinski definition) is 4. The van der Waals surface area contributed by atoms with Crippen LogP contribution in [-0.2, 0) is 11.3 Å². The molecule has 1 saturated heterocycles. The average molecular weight is 340 g/mol. The number of carbonyl (C=O) groups is 1. The molecular weight excluding hydrogens is 320 g/mol. The Kier molecular flexibility index (Phi) is 4.13. The largest absolute Gasteiger partial charge is 0.419 e. The van der Waals surface area contributed by atoms with Gasteiger partial charge in [0.05, 0.1) is 17.9 Å². The summed E-state index contributed by atoms with van der Waals surface area (Å²) < 4.78 is 8.81. The predicted molar refractivity (Wildman–Crippen MR) is 92.2 cm³/mol. The zero-order valence-electron chi connectivity index (χ0n) is 13.9. The number of para-hydroxylation sites is 2.